The van der Waals surface area contributed by atoms with Gasteiger partial charge >= 0.3 is 0 Å². The summed E-state index contributed by atoms with van der Waals surface area (Å²) in [4.78, 5) is 12.3. The van der Waals surface area contributed by atoms with Gasteiger partial charge in [0, 0.05) is 11.3 Å². The summed E-state index contributed by atoms with van der Waals surface area (Å²) in [6.07, 6.45) is 1.44. The van der Waals surface area contributed by atoms with Crippen molar-refractivity contribution in [3.05, 3.63) is 40.4 Å². The van der Waals surface area contributed by atoms with Gasteiger partial charge in [-0.05, 0) is 42.2 Å². The average Bonchev–Trinajstić information content (AvgIpc) is 2.92. The van der Waals surface area contributed by atoms with Gasteiger partial charge in [-0.15, -0.1) is 5.10 Å². The third-order valence-corrected chi connectivity index (χ3v) is 3.06. The first-order chi connectivity index (χ1) is 9.20. The van der Waals surface area contributed by atoms with Crippen molar-refractivity contribution in [2.75, 3.05) is 11.9 Å². The molecule has 19 heavy (non-hydrogen) atoms. The zero-order valence-electron chi connectivity index (χ0n) is 10.3. The minimum Gasteiger partial charge on any atom is -0.321 e. The second-order valence-corrected chi connectivity index (χ2v) is 4.56. The SMILES string of the molecule is Cc1cc(NC(=O)c2cnns2)ccc1C#CCN. The molecule has 6 heteroatoms. The van der Waals surface area contributed by atoms with Crippen molar-refractivity contribution >= 4 is 23.1 Å². The summed E-state index contributed by atoms with van der Waals surface area (Å²) in [5.41, 5.74) is 7.94. The van der Waals surface area contributed by atoms with Crippen LogP contribution in [0.5, 0.6) is 0 Å². The summed E-state index contributed by atoms with van der Waals surface area (Å²) in [5, 5.41) is 6.41. The van der Waals surface area contributed by atoms with Crippen LogP contribution in [0, 0.1) is 18.8 Å². The van der Waals surface area contributed by atoms with E-state index in [-0.39, 0.29) is 5.91 Å². The molecule has 1 amide bonds. The fourth-order valence-electron chi connectivity index (χ4n) is 1.49. The fraction of sp³-hybridized carbons (Fsp3) is 0.154. The molecule has 0 aliphatic rings. The summed E-state index contributed by atoms with van der Waals surface area (Å²) in [6, 6.07) is 5.53. The van der Waals surface area contributed by atoms with E-state index < -0.39 is 0 Å². The lowest BCUT2D eigenvalue weighted by Gasteiger charge is -2.05. The van der Waals surface area contributed by atoms with Gasteiger partial charge < -0.3 is 11.1 Å². The summed E-state index contributed by atoms with van der Waals surface area (Å²) in [7, 11) is 0. The number of rotatable bonds is 2. The molecular formula is C13H12N4OS. The van der Waals surface area contributed by atoms with Gasteiger partial charge in [-0.2, -0.15) is 0 Å². The van der Waals surface area contributed by atoms with Gasteiger partial charge in [0.05, 0.1) is 12.7 Å². The monoisotopic (exact) mass is 272 g/mol. The second-order valence-electron chi connectivity index (χ2n) is 3.77. The van der Waals surface area contributed by atoms with E-state index in [1.165, 1.54) is 6.20 Å². The number of amides is 1. The Morgan fingerprint density at radius 1 is 1.53 bits per heavy atom. The zero-order chi connectivity index (χ0) is 13.7. The third-order valence-electron chi connectivity index (χ3n) is 2.39. The van der Waals surface area contributed by atoms with Gasteiger partial charge in [0.25, 0.3) is 5.91 Å². The van der Waals surface area contributed by atoms with Crippen molar-refractivity contribution in [3.63, 3.8) is 0 Å². The van der Waals surface area contributed by atoms with Crippen molar-refractivity contribution in [2.45, 2.75) is 6.92 Å². The molecule has 0 saturated carbocycles. The summed E-state index contributed by atoms with van der Waals surface area (Å²) in [5.74, 6) is 5.57. The number of hydrogen-bond acceptors (Lipinski definition) is 5. The molecule has 1 aromatic carbocycles. The van der Waals surface area contributed by atoms with Crippen LogP contribution < -0.4 is 11.1 Å². The number of carbonyl (C=O) groups excluding carboxylic acids is 1. The van der Waals surface area contributed by atoms with E-state index in [1.807, 2.05) is 19.1 Å². The van der Waals surface area contributed by atoms with Gasteiger partial charge in [-0.25, -0.2) is 0 Å². The van der Waals surface area contributed by atoms with Crippen molar-refractivity contribution < 1.29 is 4.79 Å². The molecule has 0 bridgehead atoms. The van der Waals surface area contributed by atoms with E-state index in [0.717, 1.165) is 22.7 Å². The second kappa shape index (κ2) is 6.09. The smallest absolute Gasteiger partial charge is 0.269 e. The van der Waals surface area contributed by atoms with E-state index in [4.69, 9.17) is 5.73 Å². The maximum atomic E-state index is 11.8. The molecule has 0 aliphatic carbocycles. The molecular weight excluding hydrogens is 260 g/mol. The molecule has 0 radical (unpaired) electrons. The van der Waals surface area contributed by atoms with Crippen LogP contribution in [-0.4, -0.2) is 22.0 Å². The molecule has 3 N–H and O–H groups in total. The Morgan fingerprint density at radius 3 is 3.00 bits per heavy atom. The average molecular weight is 272 g/mol. The minimum absolute atomic E-state index is 0.213. The summed E-state index contributed by atoms with van der Waals surface area (Å²) in [6.45, 7) is 2.26. The quantitative estimate of drug-likeness (QED) is 0.810. The Morgan fingerprint density at radius 2 is 2.37 bits per heavy atom. The topological polar surface area (TPSA) is 80.9 Å². The normalized spacial score (nSPS) is 9.58. The molecule has 0 atom stereocenters. The highest BCUT2D eigenvalue weighted by Gasteiger charge is 2.09. The predicted molar refractivity (Wildman–Crippen MR) is 75.0 cm³/mol. The van der Waals surface area contributed by atoms with E-state index in [0.29, 0.717) is 17.1 Å². The summed E-state index contributed by atoms with van der Waals surface area (Å²) < 4.78 is 3.65. The summed E-state index contributed by atoms with van der Waals surface area (Å²) >= 11 is 1.06. The van der Waals surface area contributed by atoms with Gasteiger partial charge in [0.15, 0.2) is 0 Å². The van der Waals surface area contributed by atoms with E-state index >= 15 is 0 Å². The highest BCUT2D eigenvalue weighted by Crippen LogP contribution is 2.16. The highest BCUT2D eigenvalue weighted by atomic mass is 32.1. The van der Waals surface area contributed by atoms with Crippen LogP contribution in [0.1, 0.15) is 20.8 Å². The van der Waals surface area contributed by atoms with E-state index in [9.17, 15) is 4.79 Å². The fourth-order valence-corrected chi connectivity index (χ4v) is 1.90. The van der Waals surface area contributed by atoms with Crippen LogP contribution in [0.2, 0.25) is 0 Å². The third kappa shape index (κ3) is 3.37. The number of aryl methyl sites for hydroxylation is 1. The number of nitrogens with one attached hydrogen (secondary N) is 1. The molecule has 0 fully saturated rings. The lowest BCUT2D eigenvalue weighted by molar-refractivity contribution is 0.103. The van der Waals surface area contributed by atoms with Crippen LogP contribution in [0.25, 0.3) is 0 Å². The standard InChI is InChI=1S/C13H12N4OS/c1-9-7-11(5-4-10(9)3-2-6-14)16-13(18)12-8-15-17-19-12/h4-5,7-8H,6,14H2,1H3,(H,16,18). The van der Waals surface area contributed by atoms with Gasteiger partial charge in [0.1, 0.15) is 4.88 Å². The van der Waals surface area contributed by atoms with Crippen LogP contribution in [0.15, 0.2) is 24.4 Å². The van der Waals surface area contributed by atoms with Crippen molar-refractivity contribution in [3.8, 4) is 11.8 Å². The van der Waals surface area contributed by atoms with Crippen molar-refractivity contribution in [1.29, 1.82) is 0 Å². The molecule has 1 heterocycles. The lowest BCUT2D eigenvalue weighted by Crippen LogP contribution is -2.10. The number of nitrogens with two attached hydrogens (primary N) is 1. The van der Waals surface area contributed by atoms with Crippen LogP contribution in [0.4, 0.5) is 5.69 Å². The van der Waals surface area contributed by atoms with Crippen LogP contribution in [-0.2, 0) is 0 Å². The van der Waals surface area contributed by atoms with Gasteiger partial charge in [-0.1, -0.05) is 16.3 Å². The number of nitrogens with zero attached hydrogens (tertiary/aromatic N) is 2. The molecule has 0 unspecified atom stereocenters. The molecule has 2 rings (SSSR count). The first-order valence-corrected chi connectivity index (χ1v) is 6.36. The molecule has 96 valence electrons. The Bertz CT molecular complexity index is 640. The van der Waals surface area contributed by atoms with E-state index in [1.54, 1.807) is 6.07 Å². The van der Waals surface area contributed by atoms with Gasteiger partial charge in [-0.3, -0.25) is 4.79 Å². The largest absolute Gasteiger partial charge is 0.321 e. The molecule has 0 spiro atoms. The molecule has 0 saturated heterocycles. The predicted octanol–water partition coefficient (Wildman–Crippen LogP) is 1.41. The maximum absolute atomic E-state index is 11.8. The first kappa shape index (κ1) is 13.2. The Labute approximate surface area is 115 Å². The van der Waals surface area contributed by atoms with Crippen molar-refractivity contribution in [2.24, 2.45) is 5.73 Å². The van der Waals surface area contributed by atoms with Crippen molar-refractivity contribution in [1.82, 2.24) is 9.59 Å². The number of hydrogen-bond donors (Lipinski definition) is 2. The molecule has 2 aromatic rings. The highest BCUT2D eigenvalue weighted by molar-refractivity contribution is 7.07. The first-order valence-electron chi connectivity index (χ1n) is 5.59. The van der Waals surface area contributed by atoms with Crippen LogP contribution >= 0.6 is 11.5 Å². The molecule has 5 nitrogen and oxygen atoms in total. The lowest BCUT2D eigenvalue weighted by atomic mass is 10.1. The van der Waals surface area contributed by atoms with Crippen LogP contribution in [0.3, 0.4) is 0 Å². The van der Waals surface area contributed by atoms with Gasteiger partial charge in [0.2, 0.25) is 0 Å². The number of aromatic nitrogens is 2. The number of carbonyl (C=O) groups is 1. The Kier molecular flexibility index (Phi) is 4.23. The molecule has 0 aliphatic heterocycles. The molecule has 1 aromatic heterocycles. The number of anilines is 1. The minimum atomic E-state index is -0.213. The zero-order valence-corrected chi connectivity index (χ0v) is 11.1. The Hall–Kier alpha value is -2.23. The maximum Gasteiger partial charge on any atom is 0.269 e. The number of benzene rings is 1. The Balaban J connectivity index is 2.14. The van der Waals surface area contributed by atoms with E-state index in [2.05, 4.69) is 26.7 Å².